The lowest BCUT2D eigenvalue weighted by Crippen LogP contribution is -2.53. The van der Waals surface area contributed by atoms with E-state index in [1.54, 1.807) is 7.11 Å². The Morgan fingerprint density at radius 1 is 1.11 bits per heavy atom. The Hall–Kier alpha value is -1.19. The highest BCUT2D eigenvalue weighted by atomic mass is 32.2. The van der Waals surface area contributed by atoms with Gasteiger partial charge in [0.05, 0.1) is 19.3 Å². The van der Waals surface area contributed by atoms with Gasteiger partial charge in [-0.05, 0) is 57.5 Å². The van der Waals surface area contributed by atoms with Crippen LogP contribution < -0.4 is 9.46 Å². The quantitative estimate of drug-likeness (QED) is 0.745. The molecule has 0 aliphatic carbocycles. The van der Waals surface area contributed by atoms with E-state index in [2.05, 4.69) is 9.62 Å². The first kappa shape index (κ1) is 21.5. The van der Waals surface area contributed by atoms with E-state index in [-0.39, 0.29) is 18.2 Å². The van der Waals surface area contributed by atoms with Gasteiger partial charge in [0.15, 0.2) is 0 Å². The predicted molar refractivity (Wildman–Crippen MR) is 110 cm³/mol. The van der Waals surface area contributed by atoms with Crippen LogP contribution in [0.25, 0.3) is 0 Å². The molecule has 3 rings (SSSR count). The normalized spacial score (nSPS) is 26.1. The third-order valence-corrected chi connectivity index (χ3v) is 7.03. The minimum atomic E-state index is -3.55. The maximum absolute atomic E-state index is 12.9. The number of nitrogens with one attached hydrogen (secondary N) is 1. The zero-order chi connectivity index (χ0) is 20.1. The summed E-state index contributed by atoms with van der Waals surface area (Å²) in [6, 6.07) is 7.95. The summed E-state index contributed by atoms with van der Waals surface area (Å²) < 4.78 is 41.1. The van der Waals surface area contributed by atoms with Crippen LogP contribution >= 0.6 is 0 Å². The van der Waals surface area contributed by atoms with Crippen molar-refractivity contribution in [2.75, 3.05) is 39.8 Å². The molecule has 2 heterocycles. The molecule has 1 N–H and O–H groups in total. The lowest BCUT2D eigenvalue weighted by molar-refractivity contribution is -0.0444. The molecule has 0 amide bonds. The maximum atomic E-state index is 12.9. The fourth-order valence-electron chi connectivity index (χ4n) is 4.12. The van der Waals surface area contributed by atoms with E-state index in [1.807, 2.05) is 38.1 Å². The van der Waals surface area contributed by atoms with Gasteiger partial charge in [-0.3, -0.25) is 4.90 Å². The Bertz CT molecular complexity index is 709. The molecule has 3 unspecified atom stereocenters. The second-order valence-corrected chi connectivity index (χ2v) is 9.57. The van der Waals surface area contributed by atoms with Crippen LogP contribution in [0.5, 0.6) is 5.75 Å². The van der Waals surface area contributed by atoms with Crippen LogP contribution in [0.15, 0.2) is 24.3 Å². The molecule has 0 saturated carbocycles. The minimum Gasteiger partial charge on any atom is -0.497 e. The third kappa shape index (κ3) is 5.45. The van der Waals surface area contributed by atoms with E-state index < -0.39 is 10.2 Å². The number of hydrogen-bond acceptors (Lipinski definition) is 5. The fourth-order valence-corrected chi connectivity index (χ4v) is 5.48. The molecule has 2 fully saturated rings. The zero-order valence-electron chi connectivity index (χ0n) is 17.1. The predicted octanol–water partition coefficient (Wildman–Crippen LogP) is 2.17. The third-order valence-electron chi connectivity index (χ3n) is 5.52. The highest BCUT2D eigenvalue weighted by Gasteiger charge is 2.32. The van der Waals surface area contributed by atoms with E-state index in [9.17, 15) is 8.42 Å². The minimum absolute atomic E-state index is 0.0110. The van der Waals surface area contributed by atoms with E-state index in [4.69, 9.17) is 9.47 Å². The number of methoxy groups -OCH3 is 1. The largest absolute Gasteiger partial charge is 0.497 e. The second kappa shape index (κ2) is 9.54. The standard InChI is InChI=1S/C20H33N3O4S/c1-16-14-23(15-17(2)27-16)28(24,25)21-13-20(22-11-5-4-6-12-22)18-7-9-19(26-3)10-8-18/h7-10,16-17,20-21H,4-6,11-15H2,1-3H3. The van der Waals surface area contributed by atoms with Gasteiger partial charge in [0.25, 0.3) is 10.2 Å². The molecule has 2 aliphatic heterocycles. The molecular formula is C20H33N3O4S. The molecule has 1 aromatic rings. The molecule has 0 spiro atoms. The van der Waals surface area contributed by atoms with Gasteiger partial charge in [0.1, 0.15) is 5.75 Å². The zero-order valence-corrected chi connectivity index (χ0v) is 18.0. The molecule has 0 radical (unpaired) electrons. The molecule has 0 bridgehead atoms. The molecule has 0 aromatic heterocycles. The van der Waals surface area contributed by atoms with Crippen LogP contribution in [-0.2, 0) is 14.9 Å². The van der Waals surface area contributed by atoms with Crippen LogP contribution in [0, 0.1) is 0 Å². The van der Waals surface area contributed by atoms with Crippen molar-refractivity contribution in [3.05, 3.63) is 29.8 Å². The van der Waals surface area contributed by atoms with Gasteiger partial charge >= 0.3 is 0 Å². The fraction of sp³-hybridized carbons (Fsp3) is 0.700. The van der Waals surface area contributed by atoms with Gasteiger partial charge in [-0.1, -0.05) is 18.6 Å². The van der Waals surface area contributed by atoms with Crippen molar-refractivity contribution < 1.29 is 17.9 Å². The summed E-state index contributed by atoms with van der Waals surface area (Å²) >= 11 is 0. The van der Waals surface area contributed by atoms with Gasteiger partial charge in [-0.25, -0.2) is 4.72 Å². The Balaban J connectivity index is 1.73. The van der Waals surface area contributed by atoms with Crippen molar-refractivity contribution in [1.82, 2.24) is 13.9 Å². The number of hydrogen-bond donors (Lipinski definition) is 1. The first-order chi connectivity index (χ1) is 13.4. The average Bonchev–Trinajstić information content (AvgIpc) is 2.68. The van der Waals surface area contributed by atoms with Crippen LogP contribution in [0.2, 0.25) is 0 Å². The van der Waals surface area contributed by atoms with Crippen LogP contribution in [0.3, 0.4) is 0 Å². The maximum Gasteiger partial charge on any atom is 0.279 e. The van der Waals surface area contributed by atoms with Crippen LogP contribution in [0.1, 0.15) is 44.7 Å². The molecule has 158 valence electrons. The average molecular weight is 412 g/mol. The van der Waals surface area contributed by atoms with Crippen molar-refractivity contribution in [2.24, 2.45) is 0 Å². The van der Waals surface area contributed by atoms with Gasteiger partial charge in [0, 0.05) is 25.7 Å². The van der Waals surface area contributed by atoms with Crippen molar-refractivity contribution in [3.8, 4) is 5.75 Å². The number of benzene rings is 1. The van der Waals surface area contributed by atoms with E-state index in [0.29, 0.717) is 19.6 Å². The Kier molecular flexibility index (Phi) is 7.33. The van der Waals surface area contributed by atoms with E-state index >= 15 is 0 Å². The summed E-state index contributed by atoms with van der Waals surface area (Å²) in [4.78, 5) is 2.39. The first-order valence-corrected chi connectivity index (χ1v) is 11.6. The van der Waals surface area contributed by atoms with Crippen LogP contribution in [-0.4, -0.2) is 69.7 Å². The number of nitrogens with zero attached hydrogens (tertiary/aromatic N) is 2. The molecule has 8 heteroatoms. The molecule has 7 nitrogen and oxygen atoms in total. The van der Waals surface area contributed by atoms with E-state index in [0.717, 1.165) is 37.2 Å². The molecular weight excluding hydrogens is 378 g/mol. The van der Waals surface area contributed by atoms with Gasteiger partial charge in [-0.2, -0.15) is 12.7 Å². The molecule has 28 heavy (non-hydrogen) atoms. The smallest absolute Gasteiger partial charge is 0.279 e. The molecule has 1 aromatic carbocycles. The van der Waals surface area contributed by atoms with Crippen molar-refractivity contribution >= 4 is 10.2 Å². The Labute approximate surface area is 169 Å². The summed E-state index contributed by atoms with van der Waals surface area (Å²) in [6.07, 6.45) is 3.34. The van der Waals surface area contributed by atoms with Crippen molar-refractivity contribution in [1.29, 1.82) is 0 Å². The first-order valence-electron chi connectivity index (χ1n) is 10.2. The van der Waals surface area contributed by atoms with Crippen LogP contribution in [0.4, 0.5) is 0 Å². The lowest BCUT2D eigenvalue weighted by atomic mass is 10.0. The molecule has 2 aliphatic rings. The summed E-state index contributed by atoms with van der Waals surface area (Å²) in [5, 5.41) is 0. The Morgan fingerprint density at radius 3 is 2.29 bits per heavy atom. The SMILES string of the molecule is COc1ccc(C(CNS(=O)(=O)N2CC(C)OC(C)C2)N2CCCCC2)cc1. The van der Waals surface area contributed by atoms with Crippen molar-refractivity contribution in [3.63, 3.8) is 0 Å². The molecule has 2 saturated heterocycles. The Morgan fingerprint density at radius 2 is 1.71 bits per heavy atom. The van der Waals surface area contributed by atoms with Gasteiger partial charge in [-0.15, -0.1) is 0 Å². The summed E-state index contributed by atoms with van der Waals surface area (Å²) in [7, 11) is -1.90. The summed E-state index contributed by atoms with van der Waals surface area (Å²) in [5.41, 5.74) is 1.11. The van der Waals surface area contributed by atoms with E-state index in [1.165, 1.54) is 10.7 Å². The second-order valence-electron chi connectivity index (χ2n) is 7.81. The number of morpholine rings is 1. The topological polar surface area (TPSA) is 71.1 Å². The number of rotatable bonds is 7. The number of piperidine rings is 1. The highest BCUT2D eigenvalue weighted by Crippen LogP contribution is 2.26. The van der Waals surface area contributed by atoms with Gasteiger partial charge in [0.2, 0.25) is 0 Å². The summed E-state index contributed by atoms with van der Waals surface area (Å²) in [6.45, 7) is 6.92. The van der Waals surface area contributed by atoms with Crippen molar-refractivity contribution in [2.45, 2.75) is 51.4 Å². The summed E-state index contributed by atoms with van der Waals surface area (Å²) in [5.74, 6) is 0.804. The molecule has 3 atom stereocenters. The number of ether oxygens (including phenoxy) is 2. The highest BCUT2D eigenvalue weighted by molar-refractivity contribution is 7.87. The van der Waals surface area contributed by atoms with Gasteiger partial charge < -0.3 is 9.47 Å². The lowest BCUT2D eigenvalue weighted by Gasteiger charge is -2.37. The number of likely N-dealkylation sites (tertiary alicyclic amines) is 1. The monoisotopic (exact) mass is 411 g/mol.